The third-order valence-corrected chi connectivity index (χ3v) is 30.0. The SMILES string of the molecule is [SeH]c1c(-c2ccccc2)cccc1-c1ccc(-c2nc(-c3ccccc3)nc(-c3cccc(-c4ccccc4)c3)n2)c2ccccc12.[SeH]c1ccc(-c2cccc3ccc(-c4nc(-c5ccccc5)nc(-c5ccccc5)n4)cc23)cc1-c1cccc(-c2ccccc2)c1.c1ccc(-c2nc(-c3ccccc3)nc(-c3ccc4c(-c5ccc6c(c5)[se]c5c(-c7ccccc7)cccc56)cccc4c3)n2)cc1. The van der Waals surface area contributed by atoms with Gasteiger partial charge in [0.05, 0.1) is 0 Å². The smallest absolute Gasteiger partial charge is 0.0512 e. The molecule has 12 heteroatoms. The molecule has 0 spiro atoms. The van der Waals surface area contributed by atoms with Crippen LogP contribution in [0.1, 0.15) is 0 Å². The van der Waals surface area contributed by atoms with Crippen molar-refractivity contribution in [3.8, 4) is 192 Å². The maximum Gasteiger partial charge on any atom is -0.0512 e. The van der Waals surface area contributed by atoms with Gasteiger partial charge in [-0.2, -0.15) is 0 Å². The summed E-state index contributed by atoms with van der Waals surface area (Å²) in [5.41, 5.74) is 27.9. The molecule has 0 amide bonds. The topological polar surface area (TPSA) is 116 Å². The van der Waals surface area contributed by atoms with Crippen LogP contribution in [0.25, 0.3) is 243 Å². The Labute approximate surface area is 840 Å². The summed E-state index contributed by atoms with van der Waals surface area (Å²) in [6, 6.07) is 176. The van der Waals surface area contributed by atoms with Crippen molar-refractivity contribution in [2.24, 2.45) is 0 Å². The van der Waals surface area contributed by atoms with Crippen molar-refractivity contribution >= 4 is 107 Å². The minimum Gasteiger partial charge on any atom is -0.0615 e. The molecule has 0 unspecified atom stereocenters. The molecule has 4 heterocycles. The van der Waals surface area contributed by atoms with Gasteiger partial charge in [-0.1, -0.05) is 164 Å². The molecule has 664 valence electrons. The van der Waals surface area contributed by atoms with Gasteiger partial charge in [-0.05, 0) is 5.56 Å². The van der Waals surface area contributed by atoms with Gasteiger partial charge in [0.2, 0.25) is 0 Å². The van der Waals surface area contributed by atoms with E-state index in [1.165, 1.54) is 100 Å². The van der Waals surface area contributed by atoms with Gasteiger partial charge in [0, 0.05) is 0 Å². The first-order valence-corrected chi connectivity index (χ1v) is 50.5. The third-order valence-electron chi connectivity index (χ3n) is 25.6. The van der Waals surface area contributed by atoms with Crippen LogP contribution in [0, 0.1) is 0 Å². The first-order valence-electron chi connectivity index (χ1n) is 46.9. The summed E-state index contributed by atoms with van der Waals surface area (Å²) in [5, 5.41) is 9.66. The summed E-state index contributed by atoms with van der Waals surface area (Å²) >= 11 is 5.77. The van der Waals surface area contributed by atoms with E-state index in [9.17, 15) is 0 Å². The molecular weight excluding hydrogens is 1910 g/mol. The molecule has 0 atom stereocenters. The zero-order chi connectivity index (χ0) is 94.3. The summed E-state index contributed by atoms with van der Waals surface area (Å²) in [7, 11) is 0. The van der Waals surface area contributed by atoms with E-state index in [2.05, 4.69) is 378 Å². The van der Waals surface area contributed by atoms with Crippen LogP contribution in [0.3, 0.4) is 0 Å². The number of hydrogen-bond donors (Lipinski definition) is 0. The molecule has 9 nitrogen and oxygen atoms in total. The molecular formula is C129H85N9Se3. The molecule has 0 bridgehead atoms. The minimum absolute atomic E-state index is 0.233. The average Bonchev–Trinajstić information content (AvgIpc) is 1.74. The zero-order valence-corrected chi connectivity index (χ0v) is 81.7. The molecule has 0 saturated carbocycles. The van der Waals surface area contributed by atoms with Crippen molar-refractivity contribution in [1.29, 1.82) is 0 Å². The van der Waals surface area contributed by atoms with E-state index in [0.717, 1.165) is 99.3 Å². The molecule has 0 aliphatic heterocycles. The first kappa shape index (κ1) is 88.0. The Hall–Kier alpha value is -17.0. The molecule has 0 aliphatic rings. The Bertz CT molecular complexity index is 8800. The van der Waals surface area contributed by atoms with E-state index in [1.54, 1.807) is 0 Å². The van der Waals surface area contributed by atoms with Crippen LogP contribution in [-0.4, -0.2) is 91.4 Å². The molecule has 0 saturated heterocycles. The number of fused-ring (bicyclic) bond motifs is 6. The van der Waals surface area contributed by atoms with Gasteiger partial charge < -0.3 is 0 Å². The number of aromatic nitrogens is 9. The zero-order valence-electron chi connectivity index (χ0n) is 76.2. The van der Waals surface area contributed by atoms with Crippen LogP contribution in [0.5, 0.6) is 0 Å². The molecule has 0 aliphatic carbocycles. The number of nitrogens with zero attached hydrogens (tertiary/aromatic N) is 9. The van der Waals surface area contributed by atoms with Crippen molar-refractivity contribution in [2.45, 2.75) is 0 Å². The van der Waals surface area contributed by atoms with Gasteiger partial charge in [0.1, 0.15) is 0 Å². The third kappa shape index (κ3) is 18.6. The van der Waals surface area contributed by atoms with E-state index < -0.39 is 0 Å². The van der Waals surface area contributed by atoms with Gasteiger partial charge >= 0.3 is 678 Å². The molecule has 25 aromatic rings. The van der Waals surface area contributed by atoms with Crippen LogP contribution < -0.4 is 8.92 Å². The summed E-state index contributed by atoms with van der Waals surface area (Å²) < 4.78 is 5.28. The summed E-state index contributed by atoms with van der Waals surface area (Å²) in [6.45, 7) is 0. The van der Waals surface area contributed by atoms with Crippen LogP contribution in [0.4, 0.5) is 0 Å². The van der Waals surface area contributed by atoms with Crippen molar-refractivity contribution in [1.82, 2.24) is 44.9 Å². The van der Waals surface area contributed by atoms with Gasteiger partial charge in [0.25, 0.3) is 0 Å². The second kappa shape index (κ2) is 40.0. The fourth-order valence-electron chi connectivity index (χ4n) is 18.6. The molecule has 4 aromatic heterocycles. The molecule has 0 N–H and O–H groups in total. The van der Waals surface area contributed by atoms with Gasteiger partial charge in [-0.3, -0.25) is 0 Å². The standard InChI is InChI=1S/C43H27N3Se.2C43H29N3Se/c1-4-12-28(13-5-1)36-20-11-21-38-37-25-22-32(27-39(37)47-40(36)38)34-19-10-18-31-26-33(23-24-35(31)34)43-45-41(29-14-6-2-7-15-29)44-42(46-43)30-16-8-3-9-17-30;47-40-25-24-35(27-39(40)34-20-10-19-33(26-34)29-12-4-1-5-13-29)37-21-11-18-30-22-23-36(28-38(30)37)43-45-41(31-14-6-2-7-15-31)44-42(46-43)32-16-8-3-9-17-32;47-40-34(30-16-6-2-7-17-30)24-13-25-38(40)37-26-27-39(36-23-11-10-22-35(36)37)43-45-41(31-18-8-3-9-19-31)44-42(46-43)33-21-12-20-32(28-33)29-14-4-1-5-15-29/h1-27H;2*1-28,47H. The fourth-order valence-corrected chi connectivity index (χ4v) is 22.7. The van der Waals surface area contributed by atoms with E-state index in [0.29, 0.717) is 52.4 Å². The first-order chi connectivity index (χ1) is 69.7. The number of rotatable bonds is 17. The van der Waals surface area contributed by atoms with E-state index in [-0.39, 0.29) is 14.5 Å². The van der Waals surface area contributed by atoms with Crippen LogP contribution in [-0.2, 0) is 0 Å². The maximum absolute atomic E-state index is 5.13. The van der Waals surface area contributed by atoms with Gasteiger partial charge in [0.15, 0.2) is 0 Å². The second-order valence-corrected chi connectivity index (χ2v) is 38.6. The summed E-state index contributed by atoms with van der Waals surface area (Å²) in [4.78, 5) is 44.8. The van der Waals surface area contributed by atoms with Crippen molar-refractivity contribution < 1.29 is 0 Å². The predicted molar refractivity (Wildman–Crippen MR) is 590 cm³/mol. The molecule has 141 heavy (non-hydrogen) atoms. The van der Waals surface area contributed by atoms with E-state index in [4.69, 9.17) is 44.9 Å². The van der Waals surface area contributed by atoms with Crippen molar-refractivity contribution in [3.05, 3.63) is 504 Å². The second-order valence-electron chi connectivity index (χ2n) is 34.5. The predicted octanol–water partition coefficient (Wildman–Crippen LogP) is 29.8. The summed E-state index contributed by atoms with van der Waals surface area (Å²) in [6.07, 6.45) is 0. The van der Waals surface area contributed by atoms with Gasteiger partial charge in [-0.25, -0.2) is 0 Å². The number of hydrogen-bond acceptors (Lipinski definition) is 9. The largest absolute Gasteiger partial charge is 0.0615 e. The number of benzene rings is 21. The monoisotopic (exact) mass is 2000 g/mol. The van der Waals surface area contributed by atoms with E-state index >= 15 is 0 Å². The Morgan fingerprint density at radius 2 is 0.461 bits per heavy atom. The maximum atomic E-state index is 5.13. The minimum atomic E-state index is 0.233. The normalized spacial score (nSPS) is 11.2. The Balaban J connectivity index is 0.000000118. The fraction of sp³-hybridized carbons (Fsp3) is 0. The van der Waals surface area contributed by atoms with Gasteiger partial charge in [-0.15, -0.1) is 0 Å². The Morgan fingerprint density at radius 3 is 0.986 bits per heavy atom. The molecule has 0 radical (unpaired) electrons. The molecule has 21 aromatic carbocycles. The molecule has 0 fully saturated rings. The average molecular weight is 2000 g/mol. The summed E-state index contributed by atoms with van der Waals surface area (Å²) in [5.74, 6) is 5.89. The Morgan fingerprint density at radius 1 is 0.142 bits per heavy atom. The van der Waals surface area contributed by atoms with Crippen LogP contribution in [0.15, 0.2) is 504 Å². The van der Waals surface area contributed by atoms with Crippen LogP contribution >= 0.6 is 0 Å². The van der Waals surface area contributed by atoms with Crippen molar-refractivity contribution in [2.75, 3.05) is 0 Å². The van der Waals surface area contributed by atoms with Crippen molar-refractivity contribution in [3.63, 3.8) is 0 Å². The Kier molecular flexibility index (Phi) is 24.9. The molecule has 25 rings (SSSR count). The van der Waals surface area contributed by atoms with Crippen LogP contribution in [0.2, 0.25) is 0 Å². The van der Waals surface area contributed by atoms with E-state index in [1.807, 2.05) is 158 Å². The quantitative estimate of drug-likeness (QED) is 0.0822.